The first-order valence-electron chi connectivity index (χ1n) is 5.68. The van der Waals surface area contributed by atoms with Gasteiger partial charge in [-0.2, -0.15) is 0 Å². The van der Waals surface area contributed by atoms with Crippen molar-refractivity contribution in [2.24, 2.45) is 0 Å². The minimum Gasteiger partial charge on any atom is -0.389 e. The lowest BCUT2D eigenvalue weighted by Gasteiger charge is -2.11. The standard InChI is InChI=1S/C15H16OS/c1-11-7-9-13(10-8-11)17-15-6-4-3-5-14(15)12(2)16/h3-10,12,16H,1-2H3/t12-/m0/s1. The highest BCUT2D eigenvalue weighted by Gasteiger charge is 2.08. The van der Waals surface area contributed by atoms with Crippen molar-refractivity contribution in [1.29, 1.82) is 0 Å². The zero-order valence-electron chi connectivity index (χ0n) is 10.1. The van der Waals surface area contributed by atoms with Gasteiger partial charge in [-0.25, -0.2) is 0 Å². The number of aryl methyl sites for hydroxylation is 1. The van der Waals surface area contributed by atoms with Crippen LogP contribution in [0.1, 0.15) is 24.2 Å². The molecule has 0 amide bonds. The van der Waals surface area contributed by atoms with E-state index in [4.69, 9.17) is 0 Å². The van der Waals surface area contributed by atoms with Crippen LogP contribution >= 0.6 is 11.8 Å². The average Bonchev–Trinajstić information content (AvgIpc) is 2.32. The van der Waals surface area contributed by atoms with Crippen LogP contribution in [0.2, 0.25) is 0 Å². The Balaban J connectivity index is 2.26. The van der Waals surface area contributed by atoms with Gasteiger partial charge in [-0.3, -0.25) is 0 Å². The minimum atomic E-state index is -0.427. The minimum absolute atomic E-state index is 0.427. The molecule has 0 aromatic heterocycles. The summed E-state index contributed by atoms with van der Waals surface area (Å²) in [6.45, 7) is 3.88. The average molecular weight is 244 g/mol. The van der Waals surface area contributed by atoms with Gasteiger partial charge in [0.05, 0.1) is 6.10 Å². The van der Waals surface area contributed by atoms with E-state index < -0.39 is 6.10 Å². The number of rotatable bonds is 3. The van der Waals surface area contributed by atoms with E-state index in [-0.39, 0.29) is 0 Å². The lowest BCUT2D eigenvalue weighted by atomic mass is 10.1. The van der Waals surface area contributed by atoms with Gasteiger partial charge >= 0.3 is 0 Å². The molecule has 0 heterocycles. The first-order valence-corrected chi connectivity index (χ1v) is 6.50. The normalized spacial score (nSPS) is 12.4. The van der Waals surface area contributed by atoms with Crippen LogP contribution in [0.3, 0.4) is 0 Å². The molecule has 1 N–H and O–H groups in total. The molecule has 88 valence electrons. The van der Waals surface area contributed by atoms with Gasteiger partial charge in [-0.1, -0.05) is 47.7 Å². The smallest absolute Gasteiger partial charge is 0.0772 e. The van der Waals surface area contributed by atoms with Crippen LogP contribution in [-0.2, 0) is 0 Å². The molecule has 2 aromatic carbocycles. The monoisotopic (exact) mass is 244 g/mol. The summed E-state index contributed by atoms with van der Waals surface area (Å²) in [6, 6.07) is 16.4. The Morgan fingerprint density at radius 3 is 2.29 bits per heavy atom. The molecule has 0 aliphatic carbocycles. The van der Waals surface area contributed by atoms with Gasteiger partial charge in [-0.05, 0) is 37.6 Å². The van der Waals surface area contributed by atoms with E-state index in [0.717, 1.165) is 10.5 Å². The zero-order chi connectivity index (χ0) is 12.3. The van der Waals surface area contributed by atoms with E-state index in [2.05, 4.69) is 31.2 Å². The van der Waals surface area contributed by atoms with E-state index in [1.165, 1.54) is 10.5 Å². The summed E-state index contributed by atoms with van der Waals surface area (Å²) in [7, 11) is 0. The van der Waals surface area contributed by atoms with Crippen molar-refractivity contribution in [2.75, 3.05) is 0 Å². The molecule has 1 nitrogen and oxygen atoms in total. The second-order valence-corrected chi connectivity index (χ2v) is 5.24. The van der Waals surface area contributed by atoms with E-state index >= 15 is 0 Å². The maximum atomic E-state index is 9.71. The Kier molecular flexibility index (Phi) is 3.87. The summed E-state index contributed by atoms with van der Waals surface area (Å²) in [5.41, 5.74) is 2.25. The van der Waals surface area contributed by atoms with Gasteiger partial charge in [0.2, 0.25) is 0 Å². The molecule has 0 saturated carbocycles. The fourth-order valence-corrected chi connectivity index (χ4v) is 2.68. The van der Waals surface area contributed by atoms with Gasteiger partial charge < -0.3 is 5.11 Å². The first-order chi connectivity index (χ1) is 8.16. The molecule has 0 bridgehead atoms. The predicted octanol–water partition coefficient (Wildman–Crippen LogP) is 4.20. The van der Waals surface area contributed by atoms with Crippen LogP contribution in [0.15, 0.2) is 58.3 Å². The van der Waals surface area contributed by atoms with Crippen molar-refractivity contribution in [1.82, 2.24) is 0 Å². The zero-order valence-corrected chi connectivity index (χ0v) is 10.9. The maximum Gasteiger partial charge on any atom is 0.0772 e. The Hall–Kier alpha value is -1.25. The molecule has 0 saturated heterocycles. The van der Waals surface area contributed by atoms with Crippen LogP contribution in [0.25, 0.3) is 0 Å². The third-order valence-electron chi connectivity index (χ3n) is 2.62. The van der Waals surface area contributed by atoms with Crippen LogP contribution < -0.4 is 0 Å². The fraction of sp³-hybridized carbons (Fsp3) is 0.200. The van der Waals surface area contributed by atoms with E-state index in [9.17, 15) is 5.11 Å². The fourth-order valence-electron chi connectivity index (χ4n) is 1.65. The molecule has 1 atom stereocenters. The highest BCUT2D eigenvalue weighted by molar-refractivity contribution is 7.99. The van der Waals surface area contributed by atoms with Crippen LogP contribution in [0.4, 0.5) is 0 Å². The quantitative estimate of drug-likeness (QED) is 0.873. The number of aliphatic hydroxyl groups is 1. The van der Waals surface area contributed by atoms with Gasteiger partial charge in [0.15, 0.2) is 0 Å². The molecule has 0 aliphatic heterocycles. The van der Waals surface area contributed by atoms with E-state index in [1.807, 2.05) is 24.3 Å². The topological polar surface area (TPSA) is 20.2 Å². The van der Waals surface area contributed by atoms with Crippen LogP contribution in [0, 0.1) is 6.92 Å². The third kappa shape index (κ3) is 3.11. The number of hydrogen-bond acceptors (Lipinski definition) is 2. The van der Waals surface area contributed by atoms with Crippen molar-refractivity contribution in [3.05, 3.63) is 59.7 Å². The third-order valence-corrected chi connectivity index (χ3v) is 3.72. The summed E-state index contributed by atoms with van der Waals surface area (Å²) in [4.78, 5) is 2.31. The summed E-state index contributed by atoms with van der Waals surface area (Å²) in [6.07, 6.45) is -0.427. The molecule has 0 fully saturated rings. The molecule has 0 radical (unpaired) electrons. The molecular formula is C15H16OS. The van der Waals surface area contributed by atoms with Gasteiger partial charge in [0.25, 0.3) is 0 Å². The number of benzene rings is 2. The second kappa shape index (κ2) is 5.39. The SMILES string of the molecule is Cc1ccc(Sc2ccccc2[C@H](C)O)cc1. The molecule has 17 heavy (non-hydrogen) atoms. The Labute approximate surface area is 107 Å². The summed E-state index contributed by atoms with van der Waals surface area (Å²) >= 11 is 1.69. The molecule has 0 aliphatic rings. The summed E-state index contributed by atoms with van der Waals surface area (Å²) in [5, 5.41) is 9.71. The highest BCUT2D eigenvalue weighted by atomic mass is 32.2. The lowest BCUT2D eigenvalue weighted by molar-refractivity contribution is 0.196. The molecule has 2 rings (SSSR count). The van der Waals surface area contributed by atoms with Gasteiger partial charge in [0.1, 0.15) is 0 Å². The van der Waals surface area contributed by atoms with Crippen molar-refractivity contribution in [3.63, 3.8) is 0 Å². The van der Waals surface area contributed by atoms with Crippen molar-refractivity contribution >= 4 is 11.8 Å². The Bertz CT molecular complexity index is 489. The molecule has 0 spiro atoms. The molecule has 2 heteroatoms. The maximum absolute atomic E-state index is 9.71. The van der Waals surface area contributed by atoms with Crippen LogP contribution in [0.5, 0.6) is 0 Å². The van der Waals surface area contributed by atoms with E-state index in [1.54, 1.807) is 18.7 Å². The van der Waals surface area contributed by atoms with E-state index in [0.29, 0.717) is 0 Å². The number of aliphatic hydroxyl groups excluding tert-OH is 1. The van der Waals surface area contributed by atoms with Crippen LogP contribution in [-0.4, -0.2) is 5.11 Å². The first kappa shape index (κ1) is 12.2. The second-order valence-electron chi connectivity index (χ2n) is 4.13. The Morgan fingerprint density at radius 2 is 1.65 bits per heavy atom. The predicted molar refractivity (Wildman–Crippen MR) is 72.4 cm³/mol. The van der Waals surface area contributed by atoms with Crippen molar-refractivity contribution in [3.8, 4) is 0 Å². The summed E-state index contributed by atoms with van der Waals surface area (Å²) in [5.74, 6) is 0. The summed E-state index contributed by atoms with van der Waals surface area (Å²) < 4.78 is 0. The largest absolute Gasteiger partial charge is 0.389 e. The Morgan fingerprint density at radius 1 is 1.00 bits per heavy atom. The number of hydrogen-bond donors (Lipinski definition) is 1. The van der Waals surface area contributed by atoms with Crippen molar-refractivity contribution < 1.29 is 5.11 Å². The molecule has 0 unspecified atom stereocenters. The molecule has 2 aromatic rings. The highest BCUT2D eigenvalue weighted by Crippen LogP contribution is 2.33. The molecular weight excluding hydrogens is 228 g/mol. The van der Waals surface area contributed by atoms with Gasteiger partial charge in [-0.15, -0.1) is 0 Å². The van der Waals surface area contributed by atoms with Gasteiger partial charge in [0, 0.05) is 9.79 Å². The lowest BCUT2D eigenvalue weighted by Crippen LogP contribution is -1.93. The van der Waals surface area contributed by atoms with Crippen molar-refractivity contribution in [2.45, 2.75) is 29.7 Å².